The van der Waals surface area contributed by atoms with Gasteiger partial charge in [-0.05, 0) is 24.6 Å². The van der Waals surface area contributed by atoms with Crippen LogP contribution in [0.15, 0.2) is 30.6 Å². The van der Waals surface area contributed by atoms with Crippen LogP contribution in [0.5, 0.6) is 0 Å². The highest BCUT2D eigenvalue weighted by atomic mass is 35.5. The van der Waals surface area contributed by atoms with Crippen molar-refractivity contribution in [1.82, 2.24) is 9.78 Å². The van der Waals surface area contributed by atoms with Gasteiger partial charge in [-0.2, -0.15) is 5.10 Å². The fourth-order valence-corrected chi connectivity index (χ4v) is 1.94. The summed E-state index contributed by atoms with van der Waals surface area (Å²) in [5.74, 6) is -0.450. The third-order valence-corrected chi connectivity index (χ3v) is 3.06. The summed E-state index contributed by atoms with van der Waals surface area (Å²) in [6.45, 7) is 2.73. The lowest BCUT2D eigenvalue weighted by Gasteiger charge is -2.08. The molecule has 0 spiro atoms. The highest BCUT2D eigenvalue weighted by Gasteiger charge is 2.12. The number of halogens is 2. The second-order valence-electron chi connectivity index (χ2n) is 4.10. The molecule has 0 bridgehead atoms. The molecule has 0 fully saturated rings. The smallest absolute Gasteiger partial charge is 0.141 e. The highest BCUT2D eigenvalue weighted by molar-refractivity contribution is 6.30. The Morgan fingerprint density at radius 3 is 2.89 bits per heavy atom. The van der Waals surface area contributed by atoms with Crippen molar-refractivity contribution in [3.05, 3.63) is 52.6 Å². The average Bonchev–Trinajstić information content (AvgIpc) is 2.82. The van der Waals surface area contributed by atoms with Crippen LogP contribution in [0.4, 0.5) is 4.39 Å². The molecule has 0 saturated heterocycles. The van der Waals surface area contributed by atoms with Crippen LogP contribution >= 0.6 is 11.6 Å². The molecule has 0 radical (unpaired) electrons. The Labute approximate surface area is 110 Å². The maximum atomic E-state index is 13.0. The minimum Gasteiger partial charge on any atom is -0.388 e. The van der Waals surface area contributed by atoms with Crippen LogP contribution in [0.3, 0.4) is 0 Å². The molecule has 0 amide bonds. The zero-order valence-corrected chi connectivity index (χ0v) is 10.7. The second kappa shape index (κ2) is 5.50. The van der Waals surface area contributed by atoms with Crippen molar-refractivity contribution in [3.8, 4) is 0 Å². The molecule has 2 rings (SSSR count). The fraction of sp³-hybridized carbons (Fsp3) is 0.308. The van der Waals surface area contributed by atoms with E-state index >= 15 is 0 Å². The zero-order valence-electron chi connectivity index (χ0n) is 9.98. The lowest BCUT2D eigenvalue weighted by atomic mass is 10.0. The lowest BCUT2D eigenvalue weighted by Crippen LogP contribution is -2.01. The van der Waals surface area contributed by atoms with Gasteiger partial charge in [0.05, 0.1) is 17.3 Å². The van der Waals surface area contributed by atoms with Crippen LogP contribution in [-0.4, -0.2) is 14.9 Å². The molecule has 3 nitrogen and oxygen atoms in total. The van der Waals surface area contributed by atoms with Crippen LogP contribution in [0.1, 0.15) is 24.2 Å². The van der Waals surface area contributed by atoms with Gasteiger partial charge in [-0.15, -0.1) is 0 Å². The molecule has 2 aromatic rings. The van der Waals surface area contributed by atoms with E-state index in [1.165, 1.54) is 12.1 Å². The lowest BCUT2D eigenvalue weighted by molar-refractivity contribution is 0.178. The van der Waals surface area contributed by atoms with Gasteiger partial charge in [0, 0.05) is 24.7 Å². The van der Waals surface area contributed by atoms with Gasteiger partial charge in [0.15, 0.2) is 0 Å². The molecular weight excluding hydrogens is 255 g/mol. The Morgan fingerprint density at radius 1 is 1.50 bits per heavy atom. The Hall–Kier alpha value is -1.39. The first-order valence-electron chi connectivity index (χ1n) is 5.74. The maximum Gasteiger partial charge on any atom is 0.141 e. The van der Waals surface area contributed by atoms with E-state index in [2.05, 4.69) is 5.10 Å². The number of aromatic nitrogens is 2. The zero-order chi connectivity index (χ0) is 13.1. The number of aliphatic hydroxyl groups is 1. The predicted octanol–water partition coefficient (Wildman–Crippen LogP) is 2.97. The SMILES string of the molecule is CCn1cc(C(O)Cc2ccc(F)c(Cl)c2)cn1. The standard InChI is InChI=1S/C13H14ClFN2O/c1-2-17-8-10(7-16-17)13(18)6-9-3-4-12(15)11(14)5-9/h3-5,7-8,13,18H,2,6H2,1H3. The van der Waals surface area contributed by atoms with Gasteiger partial charge in [-0.25, -0.2) is 4.39 Å². The molecule has 1 atom stereocenters. The number of aliphatic hydroxyl groups excluding tert-OH is 1. The molecular formula is C13H14ClFN2O. The van der Waals surface area contributed by atoms with E-state index in [-0.39, 0.29) is 5.02 Å². The monoisotopic (exact) mass is 268 g/mol. The molecule has 1 heterocycles. The van der Waals surface area contributed by atoms with E-state index in [1.54, 1.807) is 23.1 Å². The van der Waals surface area contributed by atoms with Gasteiger partial charge in [-0.3, -0.25) is 4.68 Å². The summed E-state index contributed by atoms with van der Waals surface area (Å²) in [4.78, 5) is 0. The summed E-state index contributed by atoms with van der Waals surface area (Å²) in [6, 6.07) is 4.46. The molecule has 0 aliphatic heterocycles. The Kier molecular flexibility index (Phi) is 3.99. The number of benzene rings is 1. The first-order valence-corrected chi connectivity index (χ1v) is 6.12. The van der Waals surface area contributed by atoms with E-state index in [9.17, 15) is 9.50 Å². The quantitative estimate of drug-likeness (QED) is 0.926. The number of nitrogens with zero attached hydrogens (tertiary/aromatic N) is 2. The topological polar surface area (TPSA) is 38.0 Å². The van der Waals surface area contributed by atoms with Crippen LogP contribution in [0.2, 0.25) is 5.02 Å². The number of hydrogen-bond donors (Lipinski definition) is 1. The third-order valence-electron chi connectivity index (χ3n) is 2.78. The van der Waals surface area contributed by atoms with E-state index < -0.39 is 11.9 Å². The Morgan fingerprint density at radius 2 is 2.28 bits per heavy atom. The largest absolute Gasteiger partial charge is 0.388 e. The summed E-state index contributed by atoms with van der Waals surface area (Å²) >= 11 is 5.70. The van der Waals surface area contributed by atoms with Crippen LogP contribution in [-0.2, 0) is 13.0 Å². The van der Waals surface area contributed by atoms with Crippen molar-refractivity contribution in [2.24, 2.45) is 0 Å². The Balaban J connectivity index is 2.10. The molecule has 0 saturated carbocycles. The molecule has 18 heavy (non-hydrogen) atoms. The maximum absolute atomic E-state index is 13.0. The van der Waals surface area contributed by atoms with Gasteiger partial charge in [0.2, 0.25) is 0 Å². The van der Waals surface area contributed by atoms with Gasteiger partial charge in [-0.1, -0.05) is 17.7 Å². The van der Waals surface area contributed by atoms with Crippen molar-refractivity contribution in [1.29, 1.82) is 0 Å². The first kappa shape index (κ1) is 13.1. The predicted molar refractivity (Wildman–Crippen MR) is 68.0 cm³/mol. The summed E-state index contributed by atoms with van der Waals surface area (Å²) < 4.78 is 14.7. The second-order valence-corrected chi connectivity index (χ2v) is 4.50. The van der Waals surface area contributed by atoms with E-state index in [0.29, 0.717) is 6.42 Å². The number of aryl methyl sites for hydroxylation is 1. The van der Waals surface area contributed by atoms with Crippen LogP contribution in [0.25, 0.3) is 0 Å². The van der Waals surface area contributed by atoms with Gasteiger partial charge in [0.25, 0.3) is 0 Å². The van der Waals surface area contributed by atoms with Crippen molar-refractivity contribution in [2.75, 3.05) is 0 Å². The van der Waals surface area contributed by atoms with E-state index in [4.69, 9.17) is 11.6 Å². The van der Waals surface area contributed by atoms with Crippen molar-refractivity contribution in [2.45, 2.75) is 26.0 Å². The van der Waals surface area contributed by atoms with Crippen LogP contribution < -0.4 is 0 Å². The molecule has 5 heteroatoms. The van der Waals surface area contributed by atoms with Gasteiger partial charge < -0.3 is 5.11 Å². The fourth-order valence-electron chi connectivity index (χ4n) is 1.73. The summed E-state index contributed by atoms with van der Waals surface area (Å²) in [7, 11) is 0. The van der Waals surface area contributed by atoms with Gasteiger partial charge in [0.1, 0.15) is 5.82 Å². The molecule has 1 N–H and O–H groups in total. The minimum atomic E-state index is -0.660. The molecule has 0 aliphatic rings. The third kappa shape index (κ3) is 2.89. The molecule has 0 aliphatic carbocycles. The summed E-state index contributed by atoms with van der Waals surface area (Å²) in [5, 5.41) is 14.2. The summed E-state index contributed by atoms with van der Waals surface area (Å²) in [5.41, 5.74) is 1.54. The van der Waals surface area contributed by atoms with Crippen molar-refractivity contribution < 1.29 is 9.50 Å². The van der Waals surface area contributed by atoms with E-state index in [0.717, 1.165) is 17.7 Å². The minimum absolute atomic E-state index is 0.0731. The summed E-state index contributed by atoms with van der Waals surface area (Å²) in [6.07, 6.45) is 3.16. The van der Waals surface area contributed by atoms with Crippen molar-refractivity contribution in [3.63, 3.8) is 0 Å². The number of rotatable bonds is 4. The van der Waals surface area contributed by atoms with Crippen LogP contribution in [0, 0.1) is 5.82 Å². The number of hydrogen-bond acceptors (Lipinski definition) is 2. The van der Waals surface area contributed by atoms with E-state index in [1.807, 2.05) is 6.92 Å². The molecule has 1 aromatic heterocycles. The molecule has 96 valence electrons. The highest BCUT2D eigenvalue weighted by Crippen LogP contribution is 2.21. The average molecular weight is 269 g/mol. The molecule has 1 unspecified atom stereocenters. The van der Waals surface area contributed by atoms with Crippen molar-refractivity contribution >= 4 is 11.6 Å². The normalized spacial score (nSPS) is 12.7. The molecule has 1 aromatic carbocycles. The first-order chi connectivity index (χ1) is 8.60. The Bertz CT molecular complexity index is 542. The van der Waals surface area contributed by atoms with Gasteiger partial charge >= 0.3 is 0 Å².